The van der Waals surface area contributed by atoms with Gasteiger partial charge in [-0.15, -0.1) is 0 Å². The maximum Gasteiger partial charge on any atom is 0.407 e. The summed E-state index contributed by atoms with van der Waals surface area (Å²) in [6, 6.07) is 0. The molecular weight excluding hydrogens is 286 g/mol. The van der Waals surface area contributed by atoms with Crippen molar-refractivity contribution in [1.82, 2.24) is 5.32 Å². The summed E-state index contributed by atoms with van der Waals surface area (Å²) in [5.41, 5.74) is -0.392. The molecule has 0 bridgehead atoms. The molecule has 1 aliphatic carbocycles. The van der Waals surface area contributed by atoms with Gasteiger partial charge in [0.1, 0.15) is 12.2 Å². The van der Waals surface area contributed by atoms with Gasteiger partial charge in [-0.2, -0.15) is 0 Å². The lowest BCUT2D eigenvalue weighted by Crippen LogP contribution is -2.48. The second-order valence-electron chi connectivity index (χ2n) is 5.85. The van der Waals surface area contributed by atoms with Crippen molar-refractivity contribution >= 4 is 12.1 Å². The fourth-order valence-corrected chi connectivity index (χ4v) is 3.35. The lowest BCUT2D eigenvalue weighted by Gasteiger charge is -2.41. The molecule has 1 amide bonds. The number of carbonyl (C=O) groups is 2. The first-order valence-corrected chi connectivity index (χ1v) is 8.00. The highest BCUT2D eigenvalue weighted by Crippen LogP contribution is 2.42. The van der Waals surface area contributed by atoms with Gasteiger partial charge in [0, 0.05) is 18.9 Å². The van der Waals surface area contributed by atoms with Crippen LogP contribution in [0.3, 0.4) is 0 Å². The van der Waals surface area contributed by atoms with Crippen molar-refractivity contribution in [3.8, 4) is 0 Å². The Hall–Kier alpha value is -1.56. The highest BCUT2D eigenvalue weighted by molar-refractivity contribution is 5.81. The summed E-state index contributed by atoms with van der Waals surface area (Å²) in [7, 11) is 0. The first-order valence-electron chi connectivity index (χ1n) is 8.00. The first kappa shape index (κ1) is 16.8. The smallest absolute Gasteiger partial charge is 0.407 e. The third-order valence-electron chi connectivity index (χ3n) is 4.52. The Kier molecular flexibility index (Phi) is 6.24. The zero-order valence-electron chi connectivity index (χ0n) is 13.0. The maximum atomic E-state index is 12.1. The lowest BCUT2D eigenvalue weighted by atomic mass is 9.80. The van der Waals surface area contributed by atoms with Gasteiger partial charge in [-0.05, 0) is 18.8 Å². The number of alkyl carbamates (subject to hydrolysis) is 1. The molecule has 2 rings (SSSR count). The third kappa shape index (κ3) is 4.47. The predicted octanol–water partition coefficient (Wildman–Crippen LogP) is 2.18. The second-order valence-corrected chi connectivity index (χ2v) is 5.85. The van der Waals surface area contributed by atoms with E-state index in [-0.39, 0.29) is 13.2 Å². The van der Waals surface area contributed by atoms with Crippen LogP contribution in [0.25, 0.3) is 0 Å². The predicted molar refractivity (Wildman–Crippen MR) is 80.4 cm³/mol. The Labute approximate surface area is 131 Å². The number of carbonyl (C=O) groups excluding carboxylic acids is 2. The molecule has 22 heavy (non-hydrogen) atoms. The Morgan fingerprint density at radius 2 is 1.95 bits per heavy atom. The molecule has 6 nitrogen and oxygen atoms in total. The molecule has 0 radical (unpaired) electrons. The summed E-state index contributed by atoms with van der Waals surface area (Å²) in [5, 5.41) is 2.64. The Morgan fingerprint density at radius 3 is 2.59 bits per heavy atom. The van der Waals surface area contributed by atoms with Gasteiger partial charge in [0.05, 0.1) is 19.8 Å². The topological polar surface area (TPSA) is 73.9 Å². The van der Waals surface area contributed by atoms with Gasteiger partial charge in [-0.3, -0.25) is 0 Å². The van der Waals surface area contributed by atoms with Crippen molar-refractivity contribution in [1.29, 1.82) is 0 Å². The standard InChI is InChI=1S/C16H25NO5/c1-2-14(18)21-12-9-17-15(19)22-16(7-10-20-11-8-16)13-5-3-4-6-13/h2,13H,1,3-12H2,(H,17,19). The van der Waals surface area contributed by atoms with Crippen molar-refractivity contribution in [3.05, 3.63) is 12.7 Å². The van der Waals surface area contributed by atoms with Crippen LogP contribution in [0, 0.1) is 5.92 Å². The maximum absolute atomic E-state index is 12.1. The number of hydrogen-bond acceptors (Lipinski definition) is 5. The summed E-state index contributed by atoms with van der Waals surface area (Å²) in [5.74, 6) is -0.0669. The Bertz CT molecular complexity index is 397. The molecule has 2 fully saturated rings. The fraction of sp³-hybridized carbons (Fsp3) is 0.750. The number of nitrogens with one attached hydrogen (secondary N) is 1. The fourth-order valence-electron chi connectivity index (χ4n) is 3.35. The largest absolute Gasteiger partial charge is 0.461 e. The van der Waals surface area contributed by atoms with Crippen LogP contribution in [0.5, 0.6) is 0 Å². The van der Waals surface area contributed by atoms with Crippen LogP contribution in [0.4, 0.5) is 4.79 Å². The van der Waals surface area contributed by atoms with Gasteiger partial charge in [0.2, 0.25) is 0 Å². The van der Waals surface area contributed by atoms with Crippen LogP contribution in [0.1, 0.15) is 38.5 Å². The van der Waals surface area contributed by atoms with Crippen LogP contribution >= 0.6 is 0 Å². The molecule has 1 N–H and O–H groups in total. The zero-order valence-corrected chi connectivity index (χ0v) is 13.0. The van der Waals surface area contributed by atoms with Crippen LogP contribution < -0.4 is 5.32 Å². The molecular formula is C16H25NO5. The average molecular weight is 311 g/mol. The molecule has 0 aromatic rings. The Morgan fingerprint density at radius 1 is 1.27 bits per heavy atom. The molecule has 0 atom stereocenters. The summed E-state index contributed by atoms with van der Waals surface area (Å²) >= 11 is 0. The van der Waals surface area contributed by atoms with Crippen LogP contribution in [0.2, 0.25) is 0 Å². The highest BCUT2D eigenvalue weighted by atomic mass is 16.6. The highest BCUT2D eigenvalue weighted by Gasteiger charge is 2.44. The SMILES string of the molecule is C=CC(=O)OCCNC(=O)OC1(C2CCCC2)CCOCC1. The lowest BCUT2D eigenvalue weighted by molar-refractivity contribution is -0.137. The van der Waals surface area contributed by atoms with Crippen molar-refractivity contribution in [2.75, 3.05) is 26.4 Å². The summed E-state index contributed by atoms with van der Waals surface area (Å²) in [4.78, 5) is 23.0. The quantitative estimate of drug-likeness (QED) is 0.462. The van der Waals surface area contributed by atoms with E-state index in [1.807, 2.05) is 0 Å². The normalized spacial score (nSPS) is 21.1. The van der Waals surface area contributed by atoms with E-state index in [9.17, 15) is 9.59 Å². The Balaban J connectivity index is 1.80. The van der Waals surface area contributed by atoms with Gasteiger partial charge >= 0.3 is 12.1 Å². The number of amides is 1. The first-order chi connectivity index (χ1) is 10.7. The van der Waals surface area contributed by atoms with E-state index in [1.165, 1.54) is 12.8 Å². The molecule has 1 aliphatic heterocycles. The van der Waals surface area contributed by atoms with E-state index in [0.29, 0.717) is 19.1 Å². The summed E-state index contributed by atoms with van der Waals surface area (Å²) in [6.45, 7) is 4.93. The van der Waals surface area contributed by atoms with Crippen LogP contribution in [0.15, 0.2) is 12.7 Å². The number of ether oxygens (including phenoxy) is 3. The van der Waals surface area contributed by atoms with Gasteiger partial charge in [-0.25, -0.2) is 9.59 Å². The van der Waals surface area contributed by atoms with Gasteiger partial charge < -0.3 is 19.5 Å². The number of esters is 1. The average Bonchev–Trinajstić information content (AvgIpc) is 3.07. The molecule has 0 aromatic carbocycles. The van der Waals surface area contributed by atoms with E-state index in [4.69, 9.17) is 14.2 Å². The number of hydrogen-bond donors (Lipinski definition) is 1. The van der Waals surface area contributed by atoms with Crippen LogP contribution in [-0.2, 0) is 19.0 Å². The van der Waals surface area contributed by atoms with E-state index < -0.39 is 17.7 Å². The van der Waals surface area contributed by atoms with Crippen molar-refractivity contribution in [3.63, 3.8) is 0 Å². The molecule has 0 aromatic heterocycles. The van der Waals surface area contributed by atoms with Crippen molar-refractivity contribution in [2.45, 2.75) is 44.1 Å². The van der Waals surface area contributed by atoms with Gasteiger partial charge in [-0.1, -0.05) is 19.4 Å². The summed E-state index contributed by atoms with van der Waals surface area (Å²) in [6.07, 6.45) is 6.81. The molecule has 1 saturated heterocycles. The zero-order chi connectivity index (χ0) is 15.8. The third-order valence-corrected chi connectivity index (χ3v) is 4.52. The molecule has 2 aliphatic rings. The molecule has 1 heterocycles. The van der Waals surface area contributed by atoms with E-state index in [0.717, 1.165) is 31.8 Å². The van der Waals surface area contributed by atoms with E-state index in [2.05, 4.69) is 11.9 Å². The molecule has 0 unspecified atom stereocenters. The monoisotopic (exact) mass is 311 g/mol. The molecule has 0 spiro atoms. The molecule has 124 valence electrons. The van der Waals surface area contributed by atoms with Gasteiger partial charge in [0.25, 0.3) is 0 Å². The van der Waals surface area contributed by atoms with Crippen LogP contribution in [-0.4, -0.2) is 44.0 Å². The molecule has 6 heteroatoms. The minimum absolute atomic E-state index is 0.111. The van der Waals surface area contributed by atoms with Gasteiger partial charge in [0.15, 0.2) is 0 Å². The minimum Gasteiger partial charge on any atom is -0.461 e. The van der Waals surface area contributed by atoms with Crippen molar-refractivity contribution < 1.29 is 23.8 Å². The second kappa shape index (κ2) is 8.17. The molecule has 1 saturated carbocycles. The number of rotatable bonds is 6. The van der Waals surface area contributed by atoms with E-state index >= 15 is 0 Å². The minimum atomic E-state index is -0.498. The van der Waals surface area contributed by atoms with E-state index in [1.54, 1.807) is 0 Å². The summed E-state index contributed by atoms with van der Waals surface area (Å²) < 4.78 is 16.0. The van der Waals surface area contributed by atoms with Crippen molar-refractivity contribution in [2.24, 2.45) is 5.92 Å².